The zero-order valence-corrected chi connectivity index (χ0v) is 12.7. The number of hydrogen-bond acceptors (Lipinski definition) is 5. The highest BCUT2D eigenvalue weighted by atomic mass is 16.5. The Morgan fingerprint density at radius 3 is 2.95 bits per heavy atom. The molecule has 0 bridgehead atoms. The SMILES string of the molecule is COc1ncccc1CNC(=O)c1cc(C)nc(C2CC2)n1. The Kier molecular flexibility index (Phi) is 4.00. The van der Waals surface area contributed by atoms with Crippen molar-refractivity contribution in [3.8, 4) is 5.88 Å². The molecular weight excluding hydrogens is 280 g/mol. The number of methoxy groups -OCH3 is 1. The van der Waals surface area contributed by atoms with Crippen molar-refractivity contribution in [3.63, 3.8) is 0 Å². The number of pyridine rings is 1. The summed E-state index contributed by atoms with van der Waals surface area (Å²) in [4.78, 5) is 25.2. The van der Waals surface area contributed by atoms with Crippen molar-refractivity contribution in [1.82, 2.24) is 20.3 Å². The molecule has 1 fully saturated rings. The number of carbonyl (C=O) groups is 1. The fraction of sp³-hybridized carbons (Fsp3) is 0.375. The van der Waals surface area contributed by atoms with E-state index in [9.17, 15) is 4.79 Å². The van der Waals surface area contributed by atoms with Crippen molar-refractivity contribution in [3.05, 3.63) is 47.2 Å². The van der Waals surface area contributed by atoms with E-state index < -0.39 is 0 Å². The molecule has 0 unspecified atom stereocenters. The zero-order valence-electron chi connectivity index (χ0n) is 12.7. The average Bonchev–Trinajstić information content (AvgIpc) is 3.37. The maximum atomic E-state index is 12.3. The number of ether oxygens (including phenoxy) is 1. The molecule has 6 nitrogen and oxygen atoms in total. The van der Waals surface area contributed by atoms with Gasteiger partial charge in [0, 0.05) is 29.9 Å². The number of nitrogens with zero attached hydrogens (tertiary/aromatic N) is 3. The third kappa shape index (κ3) is 3.21. The number of aromatic nitrogens is 3. The van der Waals surface area contributed by atoms with E-state index >= 15 is 0 Å². The van der Waals surface area contributed by atoms with Crippen molar-refractivity contribution in [1.29, 1.82) is 0 Å². The van der Waals surface area contributed by atoms with Gasteiger partial charge >= 0.3 is 0 Å². The fourth-order valence-electron chi connectivity index (χ4n) is 2.24. The van der Waals surface area contributed by atoms with E-state index in [1.165, 1.54) is 0 Å². The van der Waals surface area contributed by atoms with Crippen LogP contribution in [0.5, 0.6) is 5.88 Å². The Hall–Kier alpha value is -2.50. The van der Waals surface area contributed by atoms with Crippen molar-refractivity contribution >= 4 is 5.91 Å². The predicted octanol–water partition coefficient (Wildman–Crippen LogP) is 2.00. The highest BCUT2D eigenvalue weighted by molar-refractivity contribution is 5.92. The molecule has 0 atom stereocenters. The van der Waals surface area contributed by atoms with Crippen molar-refractivity contribution < 1.29 is 9.53 Å². The Morgan fingerprint density at radius 2 is 2.23 bits per heavy atom. The zero-order chi connectivity index (χ0) is 15.5. The van der Waals surface area contributed by atoms with Gasteiger partial charge in [-0.2, -0.15) is 0 Å². The van der Waals surface area contributed by atoms with Gasteiger partial charge in [-0.05, 0) is 31.9 Å². The van der Waals surface area contributed by atoms with Crippen LogP contribution in [0.3, 0.4) is 0 Å². The van der Waals surface area contributed by atoms with Crippen LogP contribution in [0.1, 0.15) is 46.3 Å². The summed E-state index contributed by atoms with van der Waals surface area (Å²) in [5, 5.41) is 2.85. The molecule has 1 aliphatic carbocycles. The van der Waals surface area contributed by atoms with Crippen LogP contribution >= 0.6 is 0 Å². The Morgan fingerprint density at radius 1 is 1.41 bits per heavy atom. The van der Waals surface area contributed by atoms with Gasteiger partial charge in [-0.25, -0.2) is 15.0 Å². The Bertz CT molecular complexity index is 698. The van der Waals surface area contributed by atoms with E-state index in [1.807, 2.05) is 19.1 Å². The van der Waals surface area contributed by atoms with Crippen LogP contribution in [0, 0.1) is 6.92 Å². The van der Waals surface area contributed by atoms with Gasteiger partial charge in [0.1, 0.15) is 11.5 Å². The third-order valence-corrected chi connectivity index (χ3v) is 3.53. The lowest BCUT2D eigenvalue weighted by Crippen LogP contribution is -2.25. The minimum absolute atomic E-state index is 0.210. The third-order valence-electron chi connectivity index (χ3n) is 3.53. The molecule has 0 spiro atoms. The fourth-order valence-corrected chi connectivity index (χ4v) is 2.24. The molecule has 2 aromatic heterocycles. The van der Waals surface area contributed by atoms with E-state index in [0.29, 0.717) is 24.0 Å². The smallest absolute Gasteiger partial charge is 0.270 e. The summed E-state index contributed by atoms with van der Waals surface area (Å²) in [5.41, 5.74) is 2.06. The lowest BCUT2D eigenvalue weighted by atomic mass is 10.2. The number of rotatable bonds is 5. The molecule has 22 heavy (non-hydrogen) atoms. The van der Waals surface area contributed by atoms with Gasteiger partial charge in [0.2, 0.25) is 5.88 Å². The normalized spacial score (nSPS) is 13.7. The van der Waals surface area contributed by atoms with Crippen LogP contribution in [-0.2, 0) is 6.54 Å². The molecule has 2 heterocycles. The van der Waals surface area contributed by atoms with E-state index in [1.54, 1.807) is 19.4 Å². The van der Waals surface area contributed by atoms with Crippen LogP contribution in [0.4, 0.5) is 0 Å². The van der Waals surface area contributed by atoms with Crippen molar-refractivity contribution in [2.45, 2.75) is 32.2 Å². The number of aryl methyl sites for hydroxylation is 1. The topological polar surface area (TPSA) is 77.0 Å². The minimum atomic E-state index is -0.210. The first-order chi connectivity index (χ1) is 10.7. The largest absolute Gasteiger partial charge is 0.481 e. The first-order valence-electron chi connectivity index (χ1n) is 7.29. The van der Waals surface area contributed by atoms with E-state index in [-0.39, 0.29) is 5.91 Å². The second kappa shape index (κ2) is 6.09. The van der Waals surface area contributed by atoms with Crippen molar-refractivity contribution in [2.75, 3.05) is 7.11 Å². The van der Waals surface area contributed by atoms with Crippen LogP contribution in [-0.4, -0.2) is 28.0 Å². The van der Waals surface area contributed by atoms with Gasteiger partial charge < -0.3 is 10.1 Å². The maximum Gasteiger partial charge on any atom is 0.270 e. The van der Waals surface area contributed by atoms with Gasteiger partial charge in [-0.1, -0.05) is 6.07 Å². The van der Waals surface area contributed by atoms with Gasteiger partial charge in [-0.3, -0.25) is 4.79 Å². The molecule has 1 aliphatic rings. The minimum Gasteiger partial charge on any atom is -0.481 e. The summed E-state index contributed by atoms with van der Waals surface area (Å²) in [7, 11) is 1.56. The molecule has 0 aliphatic heterocycles. The molecule has 1 saturated carbocycles. The quantitative estimate of drug-likeness (QED) is 0.913. The molecular formula is C16H18N4O2. The van der Waals surface area contributed by atoms with Crippen LogP contribution in [0.2, 0.25) is 0 Å². The van der Waals surface area contributed by atoms with E-state index in [4.69, 9.17) is 4.74 Å². The van der Waals surface area contributed by atoms with Gasteiger partial charge in [0.05, 0.1) is 7.11 Å². The molecule has 0 aromatic carbocycles. The lowest BCUT2D eigenvalue weighted by molar-refractivity contribution is 0.0945. The molecule has 114 valence electrons. The van der Waals surface area contributed by atoms with Gasteiger partial charge in [0.15, 0.2) is 0 Å². The van der Waals surface area contributed by atoms with E-state index in [0.717, 1.165) is 29.9 Å². The van der Waals surface area contributed by atoms with Crippen LogP contribution < -0.4 is 10.1 Å². The molecule has 0 saturated heterocycles. The number of hydrogen-bond donors (Lipinski definition) is 1. The molecule has 0 radical (unpaired) electrons. The molecule has 2 aromatic rings. The van der Waals surface area contributed by atoms with Crippen molar-refractivity contribution in [2.24, 2.45) is 0 Å². The first kappa shape index (κ1) is 14.4. The monoisotopic (exact) mass is 298 g/mol. The highest BCUT2D eigenvalue weighted by Crippen LogP contribution is 2.38. The second-order valence-electron chi connectivity index (χ2n) is 5.38. The van der Waals surface area contributed by atoms with Gasteiger partial charge in [0.25, 0.3) is 5.91 Å². The summed E-state index contributed by atoms with van der Waals surface area (Å²) in [6.45, 7) is 2.23. The summed E-state index contributed by atoms with van der Waals surface area (Å²) in [6.07, 6.45) is 3.87. The number of nitrogens with one attached hydrogen (secondary N) is 1. The summed E-state index contributed by atoms with van der Waals surface area (Å²) < 4.78 is 5.17. The molecule has 3 rings (SSSR count). The summed E-state index contributed by atoms with van der Waals surface area (Å²) in [6, 6.07) is 5.39. The first-order valence-corrected chi connectivity index (χ1v) is 7.29. The lowest BCUT2D eigenvalue weighted by Gasteiger charge is -2.09. The number of amides is 1. The summed E-state index contributed by atoms with van der Waals surface area (Å²) >= 11 is 0. The number of carbonyl (C=O) groups excluding carboxylic acids is 1. The predicted molar refractivity (Wildman–Crippen MR) is 80.7 cm³/mol. The standard InChI is InChI=1S/C16H18N4O2/c1-10-8-13(20-14(19-10)11-5-6-11)15(21)18-9-12-4-3-7-17-16(12)22-2/h3-4,7-8,11H,5-6,9H2,1-2H3,(H,18,21). The molecule has 1 N–H and O–H groups in total. The van der Waals surface area contributed by atoms with Crippen LogP contribution in [0.25, 0.3) is 0 Å². The average molecular weight is 298 g/mol. The summed E-state index contributed by atoms with van der Waals surface area (Å²) in [5.74, 6) is 1.51. The second-order valence-corrected chi connectivity index (χ2v) is 5.38. The highest BCUT2D eigenvalue weighted by Gasteiger charge is 2.27. The van der Waals surface area contributed by atoms with Crippen LogP contribution in [0.15, 0.2) is 24.4 Å². The van der Waals surface area contributed by atoms with E-state index in [2.05, 4.69) is 20.3 Å². The van der Waals surface area contributed by atoms with Gasteiger partial charge in [-0.15, -0.1) is 0 Å². The molecule has 6 heteroatoms. The Balaban J connectivity index is 1.72. The molecule has 1 amide bonds. The maximum absolute atomic E-state index is 12.3. The Labute approximate surface area is 129 Å².